The molecule has 0 aliphatic heterocycles. The number of methoxy groups -OCH3 is 1. The van der Waals surface area contributed by atoms with Crippen molar-refractivity contribution in [1.29, 1.82) is 0 Å². The van der Waals surface area contributed by atoms with Crippen LogP contribution >= 0.6 is 11.6 Å². The zero-order chi connectivity index (χ0) is 18.0. The summed E-state index contributed by atoms with van der Waals surface area (Å²) in [5.74, 6) is 1.10. The van der Waals surface area contributed by atoms with Gasteiger partial charge in [-0.25, -0.2) is 0 Å². The van der Waals surface area contributed by atoms with E-state index in [-0.39, 0.29) is 10.8 Å². The lowest BCUT2D eigenvalue weighted by Crippen LogP contribution is -2.22. The molecule has 3 aromatic rings. The minimum absolute atomic E-state index is 0.0177. The van der Waals surface area contributed by atoms with Crippen molar-refractivity contribution in [2.75, 3.05) is 7.11 Å². The number of benzene rings is 2. The van der Waals surface area contributed by atoms with Gasteiger partial charge in [-0.1, -0.05) is 23.7 Å². The van der Waals surface area contributed by atoms with Gasteiger partial charge in [-0.3, -0.25) is 4.79 Å². The molecule has 0 spiro atoms. The van der Waals surface area contributed by atoms with E-state index in [9.17, 15) is 4.79 Å². The van der Waals surface area contributed by atoms with Gasteiger partial charge < -0.3 is 9.47 Å². The maximum atomic E-state index is 12.8. The molecule has 0 saturated carbocycles. The Labute approximate surface area is 150 Å². The van der Waals surface area contributed by atoms with E-state index in [2.05, 4.69) is 5.10 Å². The smallest absolute Gasteiger partial charge is 0.316 e. The maximum Gasteiger partial charge on any atom is 0.316 e. The highest BCUT2D eigenvalue weighted by Gasteiger charge is 2.14. The molecule has 0 radical (unpaired) electrons. The number of aryl methyl sites for hydroxylation is 2. The van der Waals surface area contributed by atoms with Crippen molar-refractivity contribution in [3.63, 3.8) is 0 Å². The summed E-state index contributed by atoms with van der Waals surface area (Å²) < 4.78 is 12.2. The Bertz CT molecular complexity index is 962. The number of halogens is 1. The van der Waals surface area contributed by atoms with Crippen molar-refractivity contribution >= 4 is 11.6 Å². The lowest BCUT2D eigenvalue weighted by molar-refractivity contribution is 0.408. The molecule has 0 unspecified atom stereocenters. The zero-order valence-corrected chi connectivity index (χ0v) is 14.9. The molecule has 0 amide bonds. The first kappa shape index (κ1) is 17.0. The number of ether oxygens (including phenoxy) is 2. The van der Waals surface area contributed by atoms with Crippen LogP contribution in [0, 0.1) is 13.8 Å². The molecule has 5 nitrogen and oxygen atoms in total. The molecule has 1 heterocycles. The second kappa shape index (κ2) is 6.99. The lowest BCUT2D eigenvalue weighted by Gasteiger charge is -2.11. The predicted molar refractivity (Wildman–Crippen MR) is 97.4 cm³/mol. The van der Waals surface area contributed by atoms with Crippen LogP contribution in [0.5, 0.6) is 17.2 Å². The number of hydrogen-bond donors (Lipinski definition) is 0. The highest BCUT2D eigenvalue weighted by Crippen LogP contribution is 2.28. The molecule has 2 aromatic carbocycles. The summed E-state index contributed by atoms with van der Waals surface area (Å²) >= 11 is 6.14. The molecule has 0 aliphatic rings. The Morgan fingerprint density at radius 1 is 1.04 bits per heavy atom. The first-order valence-electron chi connectivity index (χ1n) is 7.66. The van der Waals surface area contributed by atoms with Crippen LogP contribution in [0.25, 0.3) is 5.69 Å². The number of rotatable bonds is 4. The van der Waals surface area contributed by atoms with Crippen LogP contribution in [0.15, 0.2) is 53.5 Å². The number of hydrogen-bond acceptors (Lipinski definition) is 4. The monoisotopic (exact) mass is 356 g/mol. The third kappa shape index (κ3) is 3.67. The molecule has 1 aromatic heterocycles. The van der Waals surface area contributed by atoms with E-state index >= 15 is 0 Å². The van der Waals surface area contributed by atoms with Gasteiger partial charge in [-0.15, -0.1) is 0 Å². The third-order valence-corrected chi connectivity index (χ3v) is 3.87. The second-order valence-corrected chi connectivity index (χ2v) is 6.07. The Hall–Kier alpha value is -2.79. The molecule has 0 fully saturated rings. The maximum absolute atomic E-state index is 12.8. The fourth-order valence-corrected chi connectivity index (χ4v) is 2.71. The van der Waals surface area contributed by atoms with Crippen LogP contribution in [0.1, 0.15) is 11.1 Å². The summed E-state index contributed by atoms with van der Waals surface area (Å²) in [6, 6.07) is 12.7. The molecule has 0 N–H and O–H groups in total. The van der Waals surface area contributed by atoms with Crippen molar-refractivity contribution in [1.82, 2.24) is 9.78 Å². The summed E-state index contributed by atoms with van der Waals surface area (Å²) in [5.41, 5.74) is 2.30. The van der Waals surface area contributed by atoms with Crippen LogP contribution in [0.4, 0.5) is 0 Å². The Morgan fingerprint density at radius 3 is 2.40 bits per heavy atom. The van der Waals surface area contributed by atoms with E-state index in [1.54, 1.807) is 31.4 Å². The topological polar surface area (TPSA) is 53.4 Å². The molecule has 25 heavy (non-hydrogen) atoms. The van der Waals surface area contributed by atoms with Gasteiger partial charge >= 0.3 is 5.56 Å². The van der Waals surface area contributed by atoms with E-state index < -0.39 is 5.56 Å². The van der Waals surface area contributed by atoms with Crippen molar-refractivity contribution in [2.24, 2.45) is 0 Å². The lowest BCUT2D eigenvalue weighted by atomic mass is 10.1. The molecule has 0 aliphatic carbocycles. The highest BCUT2D eigenvalue weighted by molar-refractivity contribution is 6.31. The number of aromatic nitrogens is 2. The van der Waals surface area contributed by atoms with Gasteiger partial charge in [0.15, 0.2) is 0 Å². The summed E-state index contributed by atoms with van der Waals surface area (Å²) in [6.45, 7) is 3.93. The van der Waals surface area contributed by atoms with Crippen LogP contribution in [-0.4, -0.2) is 16.9 Å². The van der Waals surface area contributed by atoms with Gasteiger partial charge in [-0.2, -0.15) is 9.78 Å². The molecule has 3 rings (SSSR count). The predicted octanol–water partition coefficient (Wildman–Crippen LogP) is 4.30. The molecular weight excluding hydrogens is 340 g/mol. The Morgan fingerprint density at radius 2 is 1.72 bits per heavy atom. The SMILES string of the molecule is COc1cccc(Oc2c(Cl)cnn(-c3cc(C)cc(C)c3)c2=O)c1. The second-order valence-electron chi connectivity index (χ2n) is 5.67. The zero-order valence-electron chi connectivity index (χ0n) is 14.1. The molecular formula is C19H17ClN2O3. The van der Waals surface area contributed by atoms with Gasteiger partial charge in [0, 0.05) is 6.07 Å². The van der Waals surface area contributed by atoms with Crippen LogP contribution < -0.4 is 15.0 Å². The summed E-state index contributed by atoms with van der Waals surface area (Å²) in [7, 11) is 1.56. The normalized spacial score (nSPS) is 10.6. The fourth-order valence-electron chi connectivity index (χ4n) is 2.55. The minimum Gasteiger partial charge on any atom is -0.497 e. The van der Waals surface area contributed by atoms with Crippen molar-refractivity contribution in [3.05, 3.63) is 75.2 Å². The molecule has 0 bridgehead atoms. The summed E-state index contributed by atoms with van der Waals surface area (Å²) in [5, 5.41) is 4.28. The first-order valence-corrected chi connectivity index (χ1v) is 8.04. The quantitative estimate of drug-likeness (QED) is 0.699. The number of nitrogens with zero attached hydrogens (tertiary/aromatic N) is 2. The fraction of sp³-hybridized carbons (Fsp3) is 0.158. The van der Waals surface area contributed by atoms with Gasteiger partial charge in [-0.05, 0) is 49.2 Å². The highest BCUT2D eigenvalue weighted by atomic mass is 35.5. The van der Waals surface area contributed by atoms with E-state index in [1.165, 1.54) is 10.9 Å². The van der Waals surface area contributed by atoms with E-state index in [0.717, 1.165) is 11.1 Å². The van der Waals surface area contributed by atoms with Gasteiger partial charge in [0.2, 0.25) is 5.75 Å². The van der Waals surface area contributed by atoms with E-state index in [0.29, 0.717) is 17.2 Å². The van der Waals surface area contributed by atoms with Gasteiger partial charge in [0.1, 0.15) is 16.5 Å². The Kier molecular flexibility index (Phi) is 4.76. The van der Waals surface area contributed by atoms with E-state index in [1.807, 2.05) is 32.0 Å². The largest absolute Gasteiger partial charge is 0.497 e. The molecule has 6 heteroatoms. The first-order chi connectivity index (χ1) is 12.0. The minimum atomic E-state index is -0.430. The van der Waals surface area contributed by atoms with Gasteiger partial charge in [0.25, 0.3) is 0 Å². The average molecular weight is 357 g/mol. The molecule has 0 atom stereocenters. The standard InChI is InChI=1S/C19H17ClN2O3/c1-12-7-13(2)9-14(8-12)22-19(23)18(17(20)11-21-22)25-16-6-4-5-15(10-16)24-3/h4-11H,1-3H3. The third-order valence-electron chi connectivity index (χ3n) is 3.60. The summed E-state index contributed by atoms with van der Waals surface area (Å²) in [6.07, 6.45) is 1.40. The Balaban J connectivity index is 2.07. The summed E-state index contributed by atoms with van der Waals surface area (Å²) in [4.78, 5) is 12.8. The van der Waals surface area contributed by atoms with Crippen molar-refractivity contribution in [2.45, 2.75) is 13.8 Å². The van der Waals surface area contributed by atoms with Crippen LogP contribution in [-0.2, 0) is 0 Å². The van der Waals surface area contributed by atoms with E-state index in [4.69, 9.17) is 21.1 Å². The van der Waals surface area contributed by atoms with Crippen LogP contribution in [0.3, 0.4) is 0 Å². The van der Waals surface area contributed by atoms with Gasteiger partial charge in [0.05, 0.1) is 19.0 Å². The van der Waals surface area contributed by atoms with Crippen molar-refractivity contribution in [3.8, 4) is 22.9 Å². The average Bonchev–Trinajstić information content (AvgIpc) is 2.58. The van der Waals surface area contributed by atoms with Crippen molar-refractivity contribution < 1.29 is 9.47 Å². The molecule has 128 valence electrons. The molecule has 0 saturated heterocycles. The van der Waals surface area contributed by atoms with Crippen LogP contribution in [0.2, 0.25) is 5.02 Å².